The molecule has 2 heterocycles. The van der Waals surface area contributed by atoms with Gasteiger partial charge in [0.05, 0.1) is 12.3 Å². The largest absolute Gasteiger partial charge is 0.392 e. The zero-order chi connectivity index (χ0) is 18.7. The molecular weight excluding hydrogens is 326 g/mol. The molecule has 5 nitrogen and oxygen atoms in total. The van der Waals surface area contributed by atoms with Crippen molar-refractivity contribution in [2.75, 3.05) is 13.1 Å². The summed E-state index contributed by atoms with van der Waals surface area (Å²) >= 11 is 0. The summed E-state index contributed by atoms with van der Waals surface area (Å²) < 4.78 is 1.89. The monoisotopic (exact) mass is 355 g/mol. The van der Waals surface area contributed by atoms with Crippen molar-refractivity contribution in [1.29, 1.82) is 0 Å². The summed E-state index contributed by atoms with van der Waals surface area (Å²) in [6, 6.07) is 8.13. The van der Waals surface area contributed by atoms with Crippen LogP contribution < -0.4 is 0 Å². The molecule has 26 heavy (non-hydrogen) atoms. The molecule has 3 rings (SSSR count). The third-order valence-corrected chi connectivity index (χ3v) is 5.62. The second-order valence-electron chi connectivity index (χ2n) is 7.45. The lowest BCUT2D eigenvalue weighted by Gasteiger charge is -2.17. The Labute approximate surface area is 155 Å². The lowest BCUT2D eigenvalue weighted by atomic mass is 9.98. The van der Waals surface area contributed by atoms with Crippen LogP contribution in [0.4, 0.5) is 0 Å². The summed E-state index contributed by atoms with van der Waals surface area (Å²) in [5.41, 5.74) is 5.62. The summed E-state index contributed by atoms with van der Waals surface area (Å²) in [7, 11) is 1.95. The third-order valence-electron chi connectivity index (χ3n) is 5.62. The lowest BCUT2D eigenvalue weighted by Crippen LogP contribution is -2.29. The molecule has 0 unspecified atom stereocenters. The highest BCUT2D eigenvalue weighted by Crippen LogP contribution is 2.23. The Morgan fingerprint density at radius 1 is 1.23 bits per heavy atom. The molecule has 0 bridgehead atoms. The van der Waals surface area contributed by atoms with E-state index < -0.39 is 0 Å². The highest BCUT2D eigenvalue weighted by molar-refractivity contribution is 5.76. The van der Waals surface area contributed by atoms with Gasteiger partial charge in [-0.3, -0.25) is 9.48 Å². The molecule has 1 saturated heterocycles. The van der Waals surface area contributed by atoms with Crippen LogP contribution in [0.25, 0.3) is 0 Å². The van der Waals surface area contributed by atoms with Crippen LogP contribution >= 0.6 is 0 Å². The Balaban J connectivity index is 1.50. The van der Waals surface area contributed by atoms with Crippen molar-refractivity contribution in [2.45, 2.75) is 46.1 Å². The van der Waals surface area contributed by atoms with E-state index in [4.69, 9.17) is 5.11 Å². The van der Waals surface area contributed by atoms with Gasteiger partial charge in [0.1, 0.15) is 0 Å². The van der Waals surface area contributed by atoms with Gasteiger partial charge in [0.25, 0.3) is 0 Å². The van der Waals surface area contributed by atoms with Crippen molar-refractivity contribution in [3.63, 3.8) is 0 Å². The average molecular weight is 355 g/mol. The molecular formula is C21H29N3O2. The molecule has 0 saturated carbocycles. The fraction of sp³-hybridized carbons (Fsp3) is 0.524. The topological polar surface area (TPSA) is 58.4 Å². The maximum atomic E-state index is 12.6. The Morgan fingerprint density at radius 2 is 1.92 bits per heavy atom. The summed E-state index contributed by atoms with van der Waals surface area (Å²) in [6.07, 6.45) is 3.40. The predicted molar refractivity (Wildman–Crippen MR) is 102 cm³/mol. The second kappa shape index (κ2) is 8.04. The van der Waals surface area contributed by atoms with Gasteiger partial charge in [-0.2, -0.15) is 5.10 Å². The van der Waals surface area contributed by atoms with Gasteiger partial charge in [-0.25, -0.2) is 0 Å². The molecule has 0 radical (unpaired) electrons. The average Bonchev–Trinajstić information content (AvgIpc) is 3.19. The number of benzene rings is 1. The number of carbonyl (C=O) groups is 1. The normalized spacial score (nSPS) is 17.1. The fourth-order valence-electron chi connectivity index (χ4n) is 3.91. The Kier molecular flexibility index (Phi) is 5.77. The van der Waals surface area contributed by atoms with Crippen LogP contribution in [0.5, 0.6) is 0 Å². The van der Waals surface area contributed by atoms with E-state index in [0.29, 0.717) is 12.3 Å². The maximum absolute atomic E-state index is 12.6. The van der Waals surface area contributed by atoms with E-state index in [2.05, 4.69) is 24.2 Å². The van der Waals surface area contributed by atoms with Crippen LogP contribution in [0.2, 0.25) is 0 Å². The maximum Gasteiger partial charge on any atom is 0.222 e. The number of aliphatic hydroxyl groups excluding tert-OH is 1. The summed E-state index contributed by atoms with van der Waals surface area (Å²) in [4.78, 5) is 14.6. The number of aliphatic hydroxyl groups is 1. The molecule has 1 amide bonds. The number of hydrogen-bond donors (Lipinski definition) is 1. The van der Waals surface area contributed by atoms with Gasteiger partial charge < -0.3 is 10.0 Å². The molecule has 5 heteroatoms. The van der Waals surface area contributed by atoms with E-state index in [-0.39, 0.29) is 12.5 Å². The first-order valence-corrected chi connectivity index (χ1v) is 9.43. The number of nitrogens with zero attached hydrogens (tertiary/aromatic N) is 3. The molecule has 1 aliphatic rings. The summed E-state index contributed by atoms with van der Waals surface area (Å²) in [6.45, 7) is 5.88. The van der Waals surface area contributed by atoms with Gasteiger partial charge in [0.2, 0.25) is 5.91 Å². The van der Waals surface area contributed by atoms with Crippen molar-refractivity contribution in [1.82, 2.24) is 14.7 Å². The molecule has 1 aromatic carbocycles. The number of aromatic nitrogens is 2. The molecule has 140 valence electrons. The number of amides is 1. The van der Waals surface area contributed by atoms with Gasteiger partial charge in [0, 0.05) is 32.3 Å². The number of hydrogen-bond acceptors (Lipinski definition) is 3. The van der Waals surface area contributed by atoms with Gasteiger partial charge >= 0.3 is 0 Å². The molecule has 0 spiro atoms. The lowest BCUT2D eigenvalue weighted by molar-refractivity contribution is -0.130. The number of aryl methyl sites for hydroxylation is 2. The zero-order valence-electron chi connectivity index (χ0n) is 16.0. The third kappa shape index (κ3) is 4.15. The quantitative estimate of drug-likeness (QED) is 0.866. The van der Waals surface area contributed by atoms with E-state index in [0.717, 1.165) is 49.3 Å². The molecule has 1 aromatic heterocycles. The van der Waals surface area contributed by atoms with E-state index in [1.807, 2.05) is 35.7 Å². The standard InChI is InChI=1S/C21H29N3O2/c1-15-20(16(2)23(3)22-15)8-9-21(26)24-11-10-19(13-24)12-17-4-6-18(14-25)7-5-17/h4-7,19,25H,8-14H2,1-3H3/t19-/m0/s1. The summed E-state index contributed by atoms with van der Waals surface area (Å²) in [5, 5.41) is 13.6. The smallest absolute Gasteiger partial charge is 0.222 e. The van der Waals surface area contributed by atoms with Crippen molar-refractivity contribution < 1.29 is 9.90 Å². The van der Waals surface area contributed by atoms with E-state index in [1.54, 1.807) is 0 Å². The predicted octanol–water partition coefficient (Wildman–Crippen LogP) is 2.55. The Hall–Kier alpha value is -2.14. The second-order valence-corrected chi connectivity index (χ2v) is 7.45. The van der Waals surface area contributed by atoms with Crippen molar-refractivity contribution >= 4 is 5.91 Å². The minimum Gasteiger partial charge on any atom is -0.392 e. The van der Waals surface area contributed by atoms with Crippen LogP contribution in [0.3, 0.4) is 0 Å². The first-order valence-electron chi connectivity index (χ1n) is 9.43. The number of carbonyl (C=O) groups excluding carboxylic acids is 1. The molecule has 1 N–H and O–H groups in total. The van der Waals surface area contributed by atoms with Crippen LogP contribution in [-0.4, -0.2) is 38.8 Å². The van der Waals surface area contributed by atoms with Gasteiger partial charge in [-0.15, -0.1) is 0 Å². The zero-order valence-corrected chi connectivity index (χ0v) is 16.0. The number of likely N-dealkylation sites (tertiary alicyclic amines) is 1. The minimum absolute atomic E-state index is 0.0852. The fourth-order valence-corrected chi connectivity index (χ4v) is 3.91. The van der Waals surface area contributed by atoms with E-state index >= 15 is 0 Å². The van der Waals surface area contributed by atoms with Crippen molar-refractivity contribution in [3.8, 4) is 0 Å². The van der Waals surface area contributed by atoms with Crippen LogP contribution in [0.1, 0.15) is 40.9 Å². The Morgan fingerprint density at radius 3 is 2.54 bits per heavy atom. The van der Waals surface area contributed by atoms with Crippen LogP contribution in [-0.2, 0) is 31.3 Å². The molecule has 0 aliphatic carbocycles. The Bertz CT molecular complexity index is 764. The van der Waals surface area contributed by atoms with Crippen LogP contribution in [0.15, 0.2) is 24.3 Å². The van der Waals surface area contributed by atoms with E-state index in [1.165, 1.54) is 11.1 Å². The van der Waals surface area contributed by atoms with Gasteiger partial charge in [-0.1, -0.05) is 24.3 Å². The number of rotatable bonds is 6. The van der Waals surface area contributed by atoms with Gasteiger partial charge in [0.15, 0.2) is 0 Å². The summed E-state index contributed by atoms with van der Waals surface area (Å²) in [5.74, 6) is 0.784. The first-order chi connectivity index (χ1) is 12.5. The van der Waals surface area contributed by atoms with Crippen molar-refractivity contribution in [2.24, 2.45) is 13.0 Å². The molecule has 1 aliphatic heterocycles. The molecule has 1 fully saturated rings. The highest BCUT2D eigenvalue weighted by Gasteiger charge is 2.26. The van der Waals surface area contributed by atoms with E-state index in [9.17, 15) is 4.79 Å². The molecule has 2 aromatic rings. The van der Waals surface area contributed by atoms with Crippen LogP contribution in [0, 0.1) is 19.8 Å². The SMILES string of the molecule is Cc1nn(C)c(C)c1CCC(=O)N1CC[C@@H](Cc2ccc(CO)cc2)C1. The highest BCUT2D eigenvalue weighted by atomic mass is 16.3. The molecule has 1 atom stereocenters. The first kappa shape index (κ1) is 18.6. The van der Waals surface area contributed by atoms with Gasteiger partial charge in [-0.05, 0) is 55.7 Å². The van der Waals surface area contributed by atoms with Crippen molar-refractivity contribution in [3.05, 3.63) is 52.3 Å². The minimum atomic E-state index is 0.0852.